The molecule has 2 unspecified atom stereocenters. The Kier molecular flexibility index (Phi) is 3.01. The van der Waals surface area contributed by atoms with Crippen molar-refractivity contribution in [1.29, 1.82) is 0 Å². The van der Waals surface area contributed by atoms with Gasteiger partial charge in [-0.15, -0.1) is 0 Å². The van der Waals surface area contributed by atoms with E-state index in [1.54, 1.807) is 0 Å². The van der Waals surface area contributed by atoms with E-state index < -0.39 is 0 Å². The van der Waals surface area contributed by atoms with Crippen molar-refractivity contribution >= 4 is 21.7 Å². The number of aryl methyl sites for hydroxylation is 1. The van der Waals surface area contributed by atoms with Gasteiger partial charge in [0.25, 0.3) is 0 Å². The molecule has 1 aromatic rings. The second-order valence-electron chi connectivity index (χ2n) is 4.65. The Bertz CT molecular complexity index is 355. The van der Waals surface area contributed by atoms with Crippen molar-refractivity contribution in [3.8, 4) is 0 Å². The van der Waals surface area contributed by atoms with E-state index in [9.17, 15) is 0 Å². The molecule has 2 atom stereocenters. The highest BCUT2D eigenvalue weighted by Gasteiger charge is 2.26. The molecular weight excluding hydrogens is 252 g/mol. The van der Waals surface area contributed by atoms with Gasteiger partial charge in [-0.3, -0.25) is 0 Å². The minimum absolute atomic E-state index is 0.774. The minimum atomic E-state index is 0.774. The normalized spacial score (nSPS) is 26.0. The summed E-state index contributed by atoms with van der Waals surface area (Å²) in [5.41, 5.74) is 1.26. The summed E-state index contributed by atoms with van der Waals surface area (Å²) in [5.74, 6) is 2.67. The summed E-state index contributed by atoms with van der Waals surface area (Å²) >= 11 is 3.48. The molecule has 15 heavy (non-hydrogen) atoms. The topological polar surface area (TPSA) is 16.1 Å². The fraction of sp³-hybridized carbons (Fsp3) is 0.583. The predicted molar refractivity (Wildman–Crippen MR) is 67.2 cm³/mol. The van der Waals surface area contributed by atoms with E-state index in [4.69, 9.17) is 0 Å². The van der Waals surface area contributed by atoms with Crippen LogP contribution in [-0.4, -0.2) is 18.1 Å². The maximum Gasteiger partial charge on any atom is 0.128 e. The molecule has 1 saturated heterocycles. The standard InChI is InChI=1S/C12H17BrN2/c1-8-4-12(14-5-11(8)13)15-6-9(2)10(3)7-15/h4-5,9-10H,6-7H2,1-3H3. The van der Waals surface area contributed by atoms with Crippen LogP contribution in [-0.2, 0) is 0 Å². The van der Waals surface area contributed by atoms with Crippen molar-refractivity contribution < 1.29 is 0 Å². The van der Waals surface area contributed by atoms with Crippen LogP contribution in [0.1, 0.15) is 19.4 Å². The number of hydrogen-bond acceptors (Lipinski definition) is 2. The highest BCUT2D eigenvalue weighted by atomic mass is 79.9. The molecule has 1 aliphatic heterocycles. The molecule has 3 heteroatoms. The molecule has 0 saturated carbocycles. The molecule has 0 bridgehead atoms. The van der Waals surface area contributed by atoms with Crippen molar-refractivity contribution in [2.24, 2.45) is 11.8 Å². The fourth-order valence-corrected chi connectivity index (χ4v) is 2.23. The summed E-state index contributed by atoms with van der Waals surface area (Å²) in [6, 6.07) is 2.16. The molecule has 0 amide bonds. The van der Waals surface area contributed by atoms with Gasteiger partial charge in [-0.25, -0.2) is 4.98 Å². The van der Waals surface area contributed by atoms with E-state index in [0.717, 1.165) is 35.2 Å². The Labute approximate surface area is 99.8 Å². The number of anilines is 1. The molecule has 0 aliphatic carbocycles. The molecule has 2 nitrogen and oxygen atoms in total. The first kappa shape index (κ1) is 10.9. The molecule has 2 heterocycles. The largest absolute Gasteiger partial charge is 0.356 e. The van der Waals surface area contributed by atoms with Gasteiger partial charge in [0, 0.05) is 23.8 Å². The van der Waals surface area contributed by atoms with Crippen LogP contribution in [0.4, 0.5) is 5.82 Å². The Morgan fingerprint density at radius 1 is 1.33 bits per heavy atom. The van der Waals surface area contributed by atoms with Gasteiger partial charge in [-0.2, -0.15) is 0 Å². The lowest BCUT2D eigenvalue weighted by atomic mass is 10.0. The van der Waals surface area contributed by atoms with Gasteiger partial charge >= 0.3 is 0 Å². The van der Waals surface area contributed by atoms with E-state index in [1.807, 2.05) is 6.20 Å². The van der Waals surface area contributed by atoms with Crippen LogP contribution >= 0.6 is 15.9 Å². The summed E-state index contributed by atoms with van der Waals surface area (Å²) in [6.07, 6.45) is 1.90. The summed E-state index contributed by atoms with van der Waals surface area (Å²) in [6.45, 7) is 9.01. The van der Waals surface area contributed by atoms with Crippen LogP contribution in [0.3, 0.4) is 0 Å². The summed E-state index contributed by atoms with van der Waals surface area (Å²) < 4.78 is 1.09. The second kappa shape index (κ2) is 4.12. The highest BCUT2D eigenvalue weighted by molar-refractivity contribution is 9.10. The lowest BCUT2D eigenvalue weighted by Crippen LogP contribution is -2.20. The van der Waals surface area contributed by atoms with Gasteiger partial charge in [0.2, 0.25) is 0 Å². The van der Waals surface area contributed by atoms with Crippen molar-refractivity contribution in [2.45, 2.75) is 20.8 Å². The van der Waals surface area contributed by atoms with Crippen molar-refractivity contribution in [3.63, 3.8) is 0 Å². The quantitative estimate of drug-likeness (QED) is 0.778. The number of pyridine rings is 1. The number of hydrogen-bond donors (Lipinski definition) is 0. The number of nitrogens with zero attached hydrogens (tertiary/aromatic N) is 2. The van der Waals surface area contributed by atoms with E-state index in [-0.39, 0.29) is 0 Å². The minimum Gasteiger partial charge on any atom is -0.356 e. The van der Waals surface area contributed by atoms with Gasteiger partial charge < -0.3 is 4.90 Å². The number of aromatic nitrogens is 1. The van der Waals surface area contributed by atoms with Crippen LogP contribution in [0.15, 0.2) is 16.7 Å². The van der Waals surface area contributed by atoms with Crippen LogP contribution in [0.2, 0.25) is 0 Å². The summed E-state index contributed by atoms with van der Waals surface area (Å²) in [4.78, 5) is 6.85. The molecule has 82 valence electrons. The number of halogens is 1. The van der Waals surface area contributed by atoms with E-state index in [2.05, 4.69) is 52.7 Å². The molecule has 1 aliphatic rings. The van der Waals surface area contributed by atoms with Crippen LogP contribution in [0.5, 0.6) is 0 Å². The Hall–Kier alpha value is -0.570. The second-order valence-corrected chi connectivity index (χ2v) is 5.51. The maximum absolute atomic E-state index is 4.47. The van der Waals surface area contributed by atoms with Crippen molar-refractivity contribution in [1.82, 2.24) is 4.98 Å². The highest BCUT2D eigenvalue weighted by Crippen LogP contribution is 2.28. The monoisotopic (exact) mass is 268 g/mol. The van der Waals surface area contributed by atoms with Gasteiger partial charge in [0.15, 0.2) is 0 Å². The molecule has 0 radical (unpaired) electrons. The van der Waals surface area contributed by atoms with Crippen molar-refractivity contribution in [3.05, 3.63) is 22.3 Å². The van der Waals surface area contributed by atoms with Gasteiger partial charge in [-0.1, -0.05) is 13.8 Å². The average molecular weight is 269 g/mol. The molecule has 1 fully saturated rings. The first-order chi connectivity index (χ1) is 7.08. The molecule has 2 rings (SSSR count). The molecule has 1 aromatic heterocycles. The Morgan fingerprint density at radius 3 is 2.47 bits per heavy atom. The molecule has 0 N–H and O–H groups in total. The summed E-state index contributed by atoms with van der Waals surface area (Å²) in [7, 11) is 0. The first-order valence-corrected chi connectivity index (χ1v) is 6.24. The van der Waals surface area contributed by atoms with E-state index in [1.165, 1.54) is 5.56 Å². The lowest BCUT2D eigenvalue weighted by molar-refractivity contribution is 0.494. The zero-order valence-corrected chi connectivity index (χ0v) is 11.1. The van der Waals surface area contributed by atoms with Gasteiger partial charge in [0.1, 0.15) is 5.82 Å². The lowest BCUT2D eigenvalue weighted by Gasteiger charge is -2.17. The molecular formula is C12H17BrN2. The van der Waals surface area contributed by atoms with Crippen molar-refractivity contribution in [2.75, 3.05) is 18.0 Å². The zero-order valence-electron chi connectivity index (χ0n) is 9.50. The van der Waals surface area contributed by atoms with Gasteiger partial charge in [-0.05, 0) is 46.3 Å². The average Bonchev–Trinajstić information content (AvgIpc) is 2.52. The van der Waals surface area contributed by atoms with Crippen LogP contribution < -0.4 is 4.90 Å². The van der Waals surface area contributed by atoms with E-state index in [0.29, 0.717) is 0 Å². The zero-order chi connectivity index (χ0) is 11.0. The molecule has 0 spiro atoms. The SMILES string of the molecule is Cc1cc(N2CC(C)C(C)C2)ncc1Br. The first-order valence-electron chi connectivity index (χ1n) is 5.45. The summed E-state index contributed by atoms with van der Waals surface area (Å²) in [5, 5.41) is 0. The van der Waals surface area contributed by atoms with Crippen LogP contribution in [0.25, 0.3) is 0 Å². The third-order valence-corrected chi connectivity index (χ3v) is 4.17. The molecule has 0 aromatic carbocycles. The van der Waals surface area contributed by atoms with Crippen LogP contribution in [0, 0.1) is 18.8 Å². The Balaban J connectivity index is 2.20. The van der Waals surface area contributed by atoms with E-state index >= 15 is 0 Å². The Morgan fingerprint density at radius 2 is 1.93 bits per heavy atom. The number of rotatable bonds is 1. The third kappa shape index (κ3) is 2.17. The third-order valence-electron chi connectivity index (χ3n) is 3.34. The van der Waals surface area contributed by atoms with Gasteiger partial charge in [0.05, 0.1) is 0 Å². The smallest absolute Gasteiger partial charge is 0.128 e. The predicted octanol–water partition coefficient (Wildman–Crippen LogP) is 3.24. The maximum atomic E-state index is 4.47. The fourth-order valence-electron chi connectivity index (χ4n) is 2.01.